The maximum absolute atomic E-state index is 12.7. The molecule has 164 valence electrons. The smallest absolute Gasteiger partial charge is 0.256 e. The Bertz CT molecular complexity index is 1230. The lowest BCUT2D eigenvalue weighted by Gasteiger charge is -2.25. The number of aromatic amines is 1. The number of benzene rings is 2. The number of methoxy groups -OCH3 is 1. The summed E-state index contributed by atoms with van der Waals surface area (Å²) in [5, 5.41) is 11.1. The molecule has 1 saturated heterocycles. The van der Waals surface area contributed by atoms with Crippen LogP contribution in [0.4, 0.5) is 5.82 Å². The number of morpholine rings is 1. The fourth-order valence-corrected chi connectivity index (χ4v) is 4.83. The van der Waals surface area contributed by atoms with E-state index in [1.54, 1.807) is 42.7 Å². The summed E-state index contributed by atoms with van der Waals surface area (Å²) in [5.41, 5.74) is 2.53. The van der Waals surface area contributed by atoms with Gasteiger partial charge in [0.25, 0.3) is 5.91 Å². The zero-order valence-corrected chi connectivity index (χ0v) is 18.6. The van der Waals surface area contributed by atoms with Crippen molar-refractivity contribution in [3.05, 3.63) is 65.0 Å². The fraction of sp³-hybridized carbons (Fsp3) is 0.250. The molecule has 0 radical (unpaired) electrons. The monoisotopic (exact) mass is 448 g/mol. The molecule has 0 spiro atoms. The maximum atomic E-state index is 12.7. The number of rotatable bonds is 6. The first-order chi connectivity index (χ1) is 15.7. The van der Waals surface area contributed by atoms with Crippen molar-refractivity contribution < 1.29 is 14.3 Å². The van der Waals surface area contributed by atoms with E-state index in [4.69, 9.17) is 9.47 Å². The van der Waals surface area contributed by atoms with Crippen molar-refractivity contribution in [3.8, 4) is 16.2 Å². The van der Waals surface area contributed by atoms with Crippen LogP contribution in [0.1, 0.15) is 15.2 Å². The van der Waals surface area contributed by atoms with Crippen LogP contribution in [0.25, 0.3) is 21.3 Å². The number of fused-ring (bicyclic) bond motifs is 1. The second-order valence-corrected chi connectivity index (χ2v) is 8.84. The summed E-state index contributed by atoms with van der Waals surface area (Å²) in [6.07, 6.45) is 0. The first-order valence-electron chi connectivity index (χ1n) is 10.5. The van der Waals surface area contributed by atoms with E-state index in [9.17, 15) is 4.79 Å². The number of anilines is 1. The van der Waals surface area contributed by atoms with Gasteiger partial charge in [0.05, 0.1) is 25.8 Å². The average molecular weight is 449 g/mol. The van der Waals surface area contributed by atoms with Crippen LogP contribution in [0.5, 0.6) is 5.75 Å². The quantitative estimate of drug-likeness (QED) is 0.458. The van der Waals surface area contributed by atoms with Gasteiger partial charge >= 0.3 is 0 Å². The van der Waals surface area contributed by atoms with Crippen molar-refractivity contribution in [1.82, 2.24) is 15.1 Å². The molecule has 1 aliphatic heterocycles. The van der Waals surface area contributed by atoms with E-state index in [-0.39, 0.29) is 5.91 Å². The van der Waals surface area contributed by atoms with Gasteiger partial charge in [0.15, 0.2) is 5.82 Å². The second kappa shape index (κ2) is 9.12. The lowest BCUT2D eigenvalue weighted by Crippen LogP contribution is -2.35. The molecular formula is C24H24N4O3S. The van der Waals surface area contributed by atoms with E-state index < -0.39 is 0 Å². The standard InChI is InChI=1S/C24H24N4O3S/c1-30-18-5-2-16(3-6-18)24(29)25-23-20-14-17(4-8-21(20)26-27-23)22-9-7-19(32-22)15-28-10-12-31-13-11-28/h2-9,14H,10-13,15H2,1H3,(H2,25,26,27,29). The molecule has 1 aliphatic rings. The van der Waals surface area contributed by atoms with Gasteiger partial charge in [-0.25, -0.2) is 0 Å². The zero-order valence-electron chi connectivity index (χ0n) is 17.8. The van der Waals surface area contributed by atoms with Crippen molar-refractivity contribution in [1.29, 1.82) is 0 Å². The molecule has 0 atom stereocenters. The van der Waals surface area contributed by atoms with Crippen molar-refractivity contribution >= 4 is 34.0 Å². The van der Waals surface area contributed by atoms with Crippen LogP contribution in [-0.4, -0.2) is 54.4 Å². The Morgan fingerprint density at radius 3 is 2.75 bits per heavy atom. The van der Waals surface area contributed by atoms with Crippen LogP contribution < -0.4 is 10.1 Å². The normalized spacial score (nSPS) is 14.5. The number of hydrogen-bond donors (Lipinski definition) is 2. The van der Waals surface area contributed by atoms with Gasteiger partial charge in [0.1, 0.15) is 5.75 Å². The number of carbonyl (C=O) groups is 1. The third-order valence-electron chi connectivity index (χ3n) is 5.58. The third-order valence-corrected chi connectivity index (χ3v) is 6.70. The molecule has 0 aliphatic carbocycles. The van der Waals surface area contributed by atoms with E-state index in [0.717, 1.165) is 49.3 Å². The molecule has 0 unspecified atom stereocenters. The number of aromatic nitrogens is 2. The minimum absolute atomic E-state index is 0.213. The Labute approximate surface area is 190 Å². The van der Waals surface area contributed by atoms with E-state index in [2.05, 4.69) is 44.7 Å². The Morgan fingerprint density at radius 1 is 1.16 bits per heavy atom. The molecule has 2 aromatic heterocycles. The molecular weight excluding hydrogens is 424 g/mol. The minimum atomic E-state index is -0.213. The number of carbonyl (C=O) groups excluding carboxylic acids is 1. The Hall–Kier alpha value is -3.20. The second-order valence-electron chi connectivity index (χ2n) is 7.67. The highest BCUT2D eigenvalue weighted by molar-refractivity contribution is 7.15. The van der Waals surface area contributed by atoms with Crippen LogP contribution in [0.2, 0.25) is 0 Å². The molecule has 2 aromatic carbocycles. The predicted octanol–water partition coefficient (Wildman–Crippen LogP) is 4.38. The topological polar surface area (TPSA) is 79.5 Å². The first-order valence-corrected chi connectivity index (χ1v) is 11.3. The molecule has 4 aromatic rings. The molecule has 3 heterocycles. The molecule has 2 N–H and O–H groups in total. The lowest BCUT2D eigenvalue weighted by atomic mass is 10.1. The van der Waals surface area contributed by atoms with Gasteiger partial charge in [-0.15, -0.1) is 11.3 Å². The Kier molecular flexibility index (Phi) is 5.89. The lowest BCUT2D eigenvalue weighted by molar-refractivity contribution is 0.0346. The minimum Gasteiger partial charge on any atom is -0.497 e. The number of nitrogens with one attached hydrogen (secondary N) is 2. The van der Waals surface area contributed by atoms with Crippen LogP contribution in [0.15, 0.2) is 54.6 Å². The summed E-state index contributed by atoms with van der Waals surface area (Å²) in [7, 11) is 1.60. The zero-order chi connectivity index (χ0) is 21.9. The molecule has 0 saturated carbocycles. The van der Waals surface area contributed by atoms with E-state index >= 15 is 0 Å². The molecule has 1 fully saturated rings. The van der Waals surface area contributed by atoms with Gasteiger partial charge in [-0.3, -0.25) is 14.8 Å². The summed E-state index contributed by atoms with van der Waals surface area (Å²) in [5.74, 6) is 1.02. The number of thiophene rings is 1. The highest BCUT2D eigenvalue weighted by Crippen LogP contribution is 2.33. The van der Waals surface area contributed by atoms with Gasteiger partial charge in [-0.2, -0.15) is 5.10 Å². The summed E-state index contributed by atoms with van der Waals surface area (Å²) >= 11 is 1.80. The number of ether oxygens (including phenoxy) is 2. The number of nitrogens with zero attached hydrogens (tertiary/aromatic N) is 2. The largest absolute Gasteiger partial charge is 0.497 e. The summed E-state index contributed by atoms with van der Waals surface area (Å²) in [4.78, 5) is 17.6. The van der Waals surface area contributed by atoms with Crippen molar-refractivity contribution in [2.45, 2.75) is 6.54 Å². The van der Waals surface area contributed by atoms with Gasteiger partial charge in [-0.1, -0.05) is 6.07 Å². The van der Waals surface area contributed by atoms with Crippen LogP contribution in [0, 0.1) is 0 Å². The Morgan fingerprint density at radius 2 is 1.97 bits per heavy atom. The molecule has 1 amide bonds. The summed E-state index contributed by atoms with van der Waals surface area (Å²) < 4.78 is 10.6. The molecule has 7 nitrogen and oxygen atoms in total. The van der Waals surface area contributed by atoms with Crippen molar-refractivity contribution in [2.24, 2.45) is 0 Å². The highest BCUT2D eigenvalue weighted by atomic mass is 32.1. The Balaban J connectivity index is 1.35. The van der Waals surface area contributed by atoms with Crippen LogP contribution >= 0.6 is 11.3 Å². The molecule has 32 heavy (non-hydrogen) atoms. The van der Waals surface area contributed by atoms with E-state index in [1.807, 2.05) is 6.07 Å². The van der Waals surface area contributed by atoms with Crippen LogP contribution in [0.3, 0.4) is 0 Å². The van der Waals surface area contributed by atoms with Gasteiger partial charge < -0.3 is 14.8 Å². The van der Waals surface area contributed by atoms with E-state index in [1.165, 1.54) is 9.75 Å². The molecule has 0 bridgehead atoms. The third kappa shape index (κ3) is 4.38. The van der Waals surface area contributed by atoms with Gasteiger partial charge in [-0.05, 0) is 54.1 Å². The van der Waals surface area contributed by atoms with Crippen molar-refractivity contribution in [3.63, 3.8) is 0 Å². The van der Waals surface area contributed by atoms with Crippen molar-refractivity contribution in [2.75, 3.05) is 38.7 Å². The maximum Gasteiger partial charge on any atom is 0.256 e. The first kappa shape index (κ1) is 20.7. The van der Waals surface area contributed by atoms with E-state index in [0.29, 0.717) is 17.1 Å². The predicted molar refractivity (Wildman–Crippen MR) is 126 cm³/mol. The fourth-order valence-electron chi connectivity index (χ4n) is 3.78. The van der Waals surface area contributed by atoms with Crippen LogP contribution in [-0.2, 0) is 11.3 Å². The molecule has 5 rings (SSSR count). The highest BCUT2D eigenvalue weighted by Gasteiger charge is 2.15. The summed E-state index contributed by atoms with van der Waals surface area (Å²) in [6, 6.07) is 17.5. The summed E-state index contributed by atoms with van der Waals surface area (Å²) in [6.45, 7) is 4.52. The number of H-pyrrole nitrogens is 1. The van der Waals surface area contributed by atoms with Gasteiger partial charge in [0, 0.05) is 40.3 Å². The average Bonchev–Trinajstić information content (AvgIpc) is 3.46. The number of amides is 1. The number of hydrogen-bond acceptors (Lipinski definition) is 6. The SMILES string of the molecule is COc1ccc(C(=O)Nc2n[nH]c3ccc(-c4ccc(CN5CCOCC5)s4)cc23)cc1. The molecule has 8 heteroatoms. The van der Waals surface area contributed by atoms with Gasteiger partial charge in [0.2, 0.25) is 0 Å².